The molecule has 23 heavy (non-hydrogen) atoms. The Labute approximate surface area is 135 Å². The summed E-state index contributed by atoms with van der Waals surface area (Å²) in [6, 6.07) is 8.38. The topological polar surface area (TPSA) is 78.6 Å². The molecule has 0 saturated carbocycles. The van der Waals surface area contributed by atoms with Crippen LogP contribution in [0.25, 0.3) is 11.1 Å². The number of nitrogens with one attached hydrogen (secondary N) is 1. The van der Waals surface area contributed by atoms with E-state index < -0.39 is 0 Å². The van der Waals surface area contributed by atoms with Crippen molar-refractivity contribution in [3.8, 4) is 0 Å². The minimum atomic E-state index is 0.0163. The summed E-state index contributed by atoms with van der Waals surface area (Å²) in [5.74, 6) is 0.111. The summed E-state index contributed by atoms with van der Waals surface area (Å²) in [7, 11) is 0. The van der Waals surface area contributed by atoms with E-state index in [1.807, 2.05) is 31.2 Å². The molecule has 1 aromatic heterocycles. The van der Waals surface area contributed by atoms with E-state index in [0.717, 1.165) is 37.0 Å². The van der Waals surface area contributed by atoms with Gasteiger partial charge in [0.2, 0.25) is 5.91 Å². The second-order valence-corrected chi connectivity index (χ2v) is 6.15. The van der Waals surface area contributed by atoms with Gasteiger partial charge in [0.15, 0.2) is 5.58 Å². The predicted octanol–water partition coefficient (Wildman–Crippen LogP) is 1.93. The van der Waals surface area contributed by atoms with Gasteiger partial charge in [-0.05, 0) is 38.3 Å². The molecule has 0 spiro atoms. The smallest absolute Gasteiger partial charge is 0.298 e. The number of para-hydroxylation sites is 2. The van der Waals surface area contributed by atoms with Crippen LogP contribution in [0.2, 0.25) is 0 Å². The van der Waals surface area contributed by atoms with Gasteiger partial charge >= 0.3 is 0 Å². The highest BCUT2D eigenvalue weighted by Gasteiger charge is 2.27. The number of carbonyl (C=O) groups excluding carboxylic acids is 1. The van der Waals surface area contributed by atoms with Crippen LogP contribution in [0, 0.1) is 5.92 Å². The average molecular weight is 317 g/mol. The average Bonchev–Trinajstić information content (AvgIpc) is 2.99. The normalized spacial score (nSPS) is 17.4. The summed E-state index contributed by atoms with van der Waals surface area (Å²) in [5, 5.41) is 11.9. The highest BCUT2D eigenvalue weighted by Crippen LogP contribution is 2.26. The summed E-state index contributed by atoms with van der Waals surface area (Å²) in [5.41, 5.74) is 1.65. The molecule has 1 aromatic carbocycles. The molecule has 6 heteroatoms. The van der Waals surface area contributed by atoms with Crippen molar-refractivity contribution in [1.29, 1.82) is 0 Å². The number of rotatable bonds is 5. The summed E-state index contributed by atoms with van der Waals surface area (Å²) in [4.78, 5) is 18.8. The lowest BCUT2D eigenvalue weighted by atomic mass is 9.96. The summed E-state index contributed by atoms with van der Waals surface area (Å²) < 4.78 is 5.79. The van der Waals surface area contributed by atoms with Crippen LogP contribution >= 0.6 is 0 Å². The molecule has 2 heterocycles. The fraction of sp³-hybridized carbons (Fsp3) is 0.529. The van der Waals surface area contributed by atoms with Crippen LogP contribution in [0.15, 0.2) is 28.7 Å². The van der Waals surface area contributed by atoms with Crippen molar-refractivity contribution in [1.82, 2.24) is 10.3 Å². The number of aromatic nitrogens is 1. The molecule has 124 valence electrons. The summed E-state index contributed by atoms with van der Waals surface area (Å²) in [6.45, 7) is 3.54. The number of benzene rings is 1. The van der Waals surface area contributed by atoms with Gasteiger partial charge in [-0.2, -0.15) is 4.98 Å². The number of hydrogen-bond acceptors (Lipinski definition) is 5. The number of carbonyl (C=O) groups is 1. The van der Waals surface area contributed by atoms with Gasteiger partial charge in [-0.1, -0.05) is 12.1 Å². The number of aliphatic hydroxyl groups excluding tert-OH is 1. The molecule has 0 unspecified atom stereocenters. The molecule has 3 rings (SSSR count). The molecule has 6 nitrogen and oxygen atoms in total. The fourth-order valence-corrected chi connectivity index (χ4v) is 2.95. The van der Waals surface area contributed by atoms with E-state index in [0.29, 0.717) is 12.4 Å². The second kappa shape index (κ2) is 7.00. The largest absolute Gasteiger partial charge is 0.423 e. The number of aliphatic hydroxyl groups is 1. The van der Waals surface area contributed by atoms with Crippen molar-refractivity contribution in [2.24, 2.45) is 5.92 Å². The lowest BCUT2D eigenvalue weighted by molar-refractivity contribution is -0.126. The van der Waals surface area contributed by atoms with Gasteiger partial charge in [0.1, 0.15) is 5.52 Å². The zero-order chi connectivity index (χ0) is 16.2. The zero-order valence-electron chi connectivity index (χ0n) is 13.4. The van der Waals surface area contributed by atoms with Crippen molar-refractivity contribution in [3.63, 3.8) is 0 Å². The second-order valence-electron chi connectivity index (χ2n) is 6.15. The van der Waals surface area contributed by atoms with E-state index in [1.165, 1.54) is 0 Å². The molecule has 1 aliphatic rings. The van der Waals surface area contributed by atoms with Gasteiger partial charge in [-0.25, -0.2) is 0 Å². The van der Waals surface area contributed by atoms with Gasteiger partial charge in [0.05, 0.1) is 0 Å². The van der Waals surface area contributed by atoms with E-state index in [1.54, 1.807) is 0 Å². The molecule has 0 radical (unpaired) electrons. The first-order valence-corrected chi connectivity index (χ1v) is 8.19. The van der Waals surface area contributed by atoms with E-state index in [4.69, 9.17) is 9.52 Å². The first-order valence-electron chi connectivity index (χ1n) is 8.19. The zero-order valence-corrected chi connectivity index (χ0v) is 13.4. The summed E-state index contributed by atoms with van der Waals surface area (Å²) >= 11 is 0. The highest BCUT2D eigenvalue weighted by molar-refractivity contribution is 5.79. The Morgan fingerprint density at radius 1 is 1.43 bits per heavy atom. The molecule has 1 amide bonds. The number of anilines is 1. The number of nitrogens with zero attached hydrogens (tertiary/aromatic N) is 2. The number of hydrogen-bond donors (Lipinski definition) is 2. The maximum Gasteiger partial charge on any atom is 0.298 e. The van der Waals surface area contributed by atoms with Crippen molar-refractivity contribution in [2.45, 2.75) is 32.2 Å². The predicted molar refractivity (Wildman–Crippen MR) is 88.3 cm³/mol. The Morgan fingerprint density at radius 3 is 2.87 bits per heavy atom. The third-order valence-electron chi connectivity index (χ3n) is 4.37. The van der Waals surface area contributed by atoms with Crippen LogP contribution in [-0.4, -0.2) is 41.7 Å². The van der Waals surface area contributed by atoms with Gasteiger partial charge < -0.3 is 19.7 Å². The Kier molecular flexibility index (Phi) is 4.81. The van der Waals surface area contributed by atoms with E-state index in [2.05, 4.69) is 15.2 Å². The van der Waals surface area contributed by atoms with Crippen molar-refractivity contribution >= 4 is 23.0 Å². The minimum Gasteiger partial charge on any atom is -0.423 e. The van der Waals surface area contributed by atoms with Crippen LogP contribution < -0.4 is 10.2 Å². The molecule has 2 N–H and O–H groups in total. The van der Waals surface area contributed by atoms with E-state index in [9.17, 15) is 4.79 Å². The Hall–Kier alpha value is -2.08. The van der Waals surface area contributed by atoms with Gasteiger partial charge in [0, 0.05) is 31.7 Å². The molecule has 1 fully saturated rings. The van der Waals surface area contributed by atoms with Crippen LogP contribution in [0.3, 0.4) is 0 Å². The number of oxazole rings is 1. The molecule has 2 aromatic rings. The Bertz CT molecular complexity index is 629. The Morgan fingerprint density at radius 2 is 2.17 bits per heavy atom. The fourth-order valence-electron chi connectivity index (χ4n) is 2.95. The van der Waals surface area contributed by atoms with Gasteiger partial charge in [0.25, 0.3) is 6.01 Å². The van der Waals surface area contributed by atoms with Gasteiger partial charge in [-0.15, -0.1) is 0 Å². The Balaban J connectivity index is 1.56. The van der Waals surface area contributed by atoms with Crippen LogP contribution in [0.1, 0.15) is 26.2 Å². The molecule has 1 aliphatic heterocycles. The molecule has 0 bridgehead atoms. The first-order chi connectivity index (χ1) is 11.2. The number of amides is 1. The maximum absolute atomic E-state index is 12.2. The molecular weight excluding hydrogens is 294 g/mol. The molecule has 1 saturated heterocycles. The van der Waals surface area contributed by atoms with E-state index >= 15 is 0 Å². The van der Waals surface area contributed by atoms with Crippen LogP contribution in [-0.2, 0) is 4.79 Å². The molecular formula is C17H23N3O3. The summed E-state index contributed by atoms with van der Waals surface area (Å²) in [6.07, 6.45) is 2.17. The highest BCUT2D eigenvalue weighted by atomic mass is 16.4. The van der Waals surface area contributed by atoms with Gasteiger partial charge in [-0.3, -0.25) is 4.79 Å². The SMILES string of the molecule is C[C@H](CCO)NC(=O)C1CCN(c2nc3ccccc3o2)CC1. The first kappa shape index (κ1) is 15.8. The third-order valence-corrected chi connectivity index (χ3v) is 4.37. The lowest BCUT2D eigenvalue weighted by Crippen LogP contribution is -2.43. The lowest BCUT2D eigenvalue weighted by Gasteiger charge is -2.30. The third kappa shape index (κ3) is 3.64. The maximum atomic E-state index is 12.2. The van der Waals surface area contributed by atoms with E-state index in [-0.39, 0.29) is 24.5 Å². The van der Waals surface area contributed by atoms with Crippen LogP contribution in [0.5, 0.6) is 0 Å². The standard InChI is InChI=1S/C17H23N3O3/c1-12(8-11-21)18-16(22)13-6-9-20(10-7-13)17-19-14-4-2-3-5-15(14)23-17/h2-5,12-13,21H,6-11H2,1H3,(H,18,22)/t12-/m1/s1. The minimum absolute atomic E-state index is 0.0163. The number of piperidine rings is 1. The number of fused-ring (bicyclic) bond motifs is 1. The molecule has 1 atom stereocenters. The molecule has 0 aliphatic carbocycles. The van der Waals surface area contributed by atoms with Crippen molar-refractivity contribution in [2.75, 3.05) is 24.6 Å². The van der Waals surface area contributed by atoms with Crippen molar-refractivity contribution < 1.29 is 14.3 Å². The quantitative estimate of drug-likeness (QED) is 0.881. The monoisotopic (exact) mass is 317 g/mol. The van der Waals surface area contributed by atoms with Crippen molar-refractivity contribution in [3.05, 3.63) is 24.3 Å². The van der Waals surface area contributed by atoms with Crippen LogP contribution in [0.4, 0.5) is 6.01 Å².